The number of thioether (sulfide) groups is 1. The maximum absolute atomic E-state index is 12.7. The Labute approximate surface area is 168 Å². The van der Waals surface area contributed by atoms with Gasteiger partial charge in [0.05, 0.1) is 22.8 Å². The van der Waals surface area contributed by atoms with Gasteiger partial charge in [-0.2, -0.15) is 8.42 Å². The third-order valence-electron chi connectivity index (χ3n) is 4.92. The lowest BCUT2D eigenvalue weighted by Gasteiger charge is -2.33. The van der Waals surface area contributed by atoms with Crippen LogP contribution in [0.25, 0.3) is 0 Å². The Kier molecular flexibility index (Phi) is 5.11. The molecule has 1 aromatic heterocycles. The molecule has 1 aromatic carbocycles. The van der Waals surface area contributed by atoms with Crippen LogP contribution in [0.2, 0.25) is 0 Å². The van der Waals surface area contributed by atoms with Crippen LogP contribution < -0.4 is 5.32 Å². The number of hydrogen-bond donors (Lipinski definition) is 1. The average molecular weight is 417 g/mol. The van der Waals surface area contributed by atoms with Crippen molar-refractivity contribution in [3.8, 4) is 0 Å². The zero-order valence-corrected chi connectivity index (χ0v) is 17.0. The highest BCUT2D eigenvalue weighted by molar-refractivity contribution is 7.98. The second kappa shape index (κ2) is 7.56. The smallest absolute Gasteiger partial charge is 0.285 e. The second-order valence-electron chi connectivity index (χ2n) is 6.75. The molecule has 1 N–H and O–H groups in total. The third kappa shape index (κ3) is 3.64. The van der Waals surface area contributed by atoms with Gasteiger partial charge in [-0.25, -0.2) is 4.98 Å². The molecule has 0 saturated carbocycles. The number of carbonyl (C=O) groups is 1. The van der Waals surface area contributed by atoms with E-state index in [1.807, 2.05) is 23.3 Å². The molecule has 1 fully saturated rings. The molecule has 2 aliphatic heterocycles. The van der Waals surface area contributed by atoms with E-state index in [9.17, 15) is 13.2 Å². The zero-order valence-electron chi connectivity index (χ0n) is 15.3. The first kappa shape index (κ1) is 18.9. The molecule has 2 aliphatic rings. The molecule has 1 atom stereocenters. The second-order valence-corrected chi connectivity index (χ2v) is 9.15. The number of sulfonamides is 1. The fourth-order valence-electron chi connectivity index (χ4n) is 3.52. The molecule has 146 valence electrons. The van der Waals surface area contributed by atoms with Crippen LogP contribution in [0.4, 0.5) is 5.69 Å². The van der Waals surface area contributed by atoms with Gasteiger partial charge < -0.3 is 10.2 Å². The lowest BCUT2D eigenvalue weighted by atomic mass is 9.96. The van der Waals surface area contributed by atoms with Crippen LogP contribution in [-0.4, -0.2) is 49.4 Å². The van der Waals surface area contributed by atoms with Crippen molar-refractivity contribution in [2.45, 2.75) is 22.8 Å². The molecule has 0 bridgehead atoms. The van der Waals surface area contributed by atoms with E-state index >= 15 is 0 Å². The molecule has 9 heteroatoms. The number of amides is 1. The van der Waals surface area contributed by atoms with E-state index in [1.54, 1.807) is 42.2 Å². The van der Waals surface area contributed by atoms with Gasteiger partial charge in [0.2, 0.25) is 5.91 Å². The molecule has 1 amide bonds. The zero-order chi connectivity index (χ0) is 19.7. The summed E-state index contributed by atoms with van der Waals surface area (Å²) in [5, 5.41) is 3.80. The summed E-state index contributed by atoms with van der Waals surface area (Å²) in [6, 6.07) is 10.5. The van der Waals surface area contributed by atoms with E-state index in [0.29, 0.717) is 30.2 Å². The fourth-order valence-corrected chi connectivity index (χ4v) is 5.11. The number of hydrogen-bond acceptors (Lipinski definition) is 6. The summed E-state index contributed by atoms with van der Waals surface area (Å²) < 4.78 is 28.6. The van der Waals surface area contributed by atoms with Crippen LogP contribution in [0.1, 0.15) is 18.4 Å². The number of likely N-dealkylation sites (tertiary alicyclic amines) is 1. The summed E-state index contributed by atoms with van der Waals surface area (Å²) in [5.41, 5.74) is 1.27. The number of amidine groups is 1. The standard InChI is InChI=1S/C19H20N4O3S2/c1-27-17-9-8-14(11-20-17)21-19(24)13-5-4-10-23(12-13)18-15-6-2-3-7-16(15)28(25,26)22-18/h2-3,6-9,11,13H,4-5,10,12H2,1H3,(H,21,24). The van der Waals surface area contributed by atoms with E-state index in [4.69, 9.17) is 0 Å². The molecule has 0 radical (unpaired) electrons. The van der Waals surface area contributed by atoms with Crippen molar-refractivity contribution in [1.29, 1.82) is 0 Å². The Morgan fingerprint density at radius 3 is 2.82 bits per heavy atom. The molecule has 0 spiro atoms. The number of rotatable bonds is 3. The van der Waals surface area contributed by atoms with Crippen molar-refractivity contribution in [3.63, 3.8) is 0 Å². The minimum Gasteiger partial charge on any atom is -0.355 e. The van der Waals surface area contributed by atoms with Gasteiger partial charge in [-0.3, -0.25) is 4.79 Å². The van der Waals surface area contributed by atoms with Gasteiger partial charge >= 0.3 is 0 Å². The van der Waals surface area contributed by atoms with Gasteiger partial charge in [-0.1, -0.05) is 12.1 Å². The predicted molar refractivity (Wildman–Crippen MR) is 109 cm³/mol. The van der Waals surface area contributed by atoms with Gasteiger partial charge in [0.1, 0.15) is 4.90 Å². The first-order valence-electron chi connectivity index (χ1n) is 8.98. The number of fused-ring (bicyclic) bond motifs is 1. The largest absolute Gasteiger partial charge is 0.355 e. The van der Waals surface area contributed by atoms with Crippen LogP contribution >= 0.6 is 11.8 Å². The third-order valence-corrected chi connectivity index (χ3v) is 6.90. The molecule has 1 saturated heterocycles. The minimum absolute atomic E-state index is 0.0851. The van der Waals surface area contributed by atoms with Crippen molar-refractivity contribution >= 4 is 39.2 Å². The summed E-state index contributed by atoms with van der Waals surface area (Å²) in [5.74, 6) is 0.115. The number of aromatic nitrogens is 1. The van der Waals surface area contributed by atoms with Gasteiger partial charge in [0.15, 0.2) is 5.84 Å². The maximum Gasteiger partial charge on any atom is 0.285 e. The molecule has 1 unspecified atom stereocenters. The number of nitrogens with zero attached hydrogens (tertiary/aromatic N) is 3. The minimum atomic E-state index is -3.66. The first-order valence-corrected chi connectivity index (χ1v) is 11.6. The van der Waals surface area contributed by atoms with Crippen molar-refractivity contribution in [3.05, 3.63) is 48.2 Å². The fraction of sp³-hybridized carbons (Fsp3) is 0.316. The van der Waals surface area contributed by atoms with Crippen LogP contribution in [0, 0.1) is 5.92 Å². The molecular weight excluding hydrogens is 396 g/mol. The quantitative estimate of drug-likeness (QED) is 0.774. The average Bonchev–Trinajstić information content (AvgIpc) is 3.00. The number of nitrogens with one attached hydrogen (secondary N) is 1. The molecule has 7 nitrogen and oxygen atoms in total. The highest BCUT2D eigenvalue weighted by atomic mass is 32.2. The highest BCUT2D eigenvalue weighted by Gasteiger charge is 2.35. The van der Waals surface area contributed by atoms with Crippen molar-refractivity contribution in [2.75, 3.05) is 24.7 Å². The Morgan fingerprint density at radius 2 is 2.07 bits per heavy atom. The molecular formula is C19H20N4O3S2. The number of anilines is 1. The summed E-state index contributed by atoms with van der Waals surface area (Å²) >= 11 is 1.54. The Balaban J connectivity index is 1.49. The molecule has 3 heterocycles. The Bertz CT molecular complexity index is 1040. The molecule has 0 aliphatic carbocycles. The van der Waals surface area contributed by atoms with E-state index in [0.717, 1.165) is 17.9 Å². The highest BCUT2D eigenvalue weighted by Crippen LogP contribution is 2.30. The number of piperidine rings is 1. The van der Waals surface area contributed by atoms with Crippen molar-refractivity contribution < 1.29 is 13.2 Å². The summed E-state index contributed by atoms with van der Waals surface area (Å²) in [4.78, 5) is 19.1. The normalized spacial score (nSPS) is 20.4. The lowest BCUT2D eigenvalue weighted by molar-refractivity contribution is -0.121. The van der Waals surface area contributed by atoms with Crippen LogP contribution in [0.3, 0.4) is 0 Å². The first-order chi connectivity index (χ1) is 13.5. The molecule has 28 heavy (non-hydrogen) atoms. The Hall–Kier alpha value is -2.39. The van der Waals surface area contributed by atoms with Crippen molar-refractivity contribution in [1.82, 2.24) is 9.88 Å². The van der Waals surface area contributed by atoms with E-state index in [-0.39, 0.29) is 16.7 Å². The van der Waals surface area contributed by atoms with E-state index < -0.39 is 10.0 Å². The SMILES string of the molecule is CSc1ccc(NC(=O)C2CCCN(C3=NS(=O)(=O)c4ccccc43)C2)cn1. The summed E-state index contributed by atoms with van der Waals surface area (Å²) in [6.07, 6.45) is 5.14. The molecule has 2 aromatic rings. The van der Waals surface area contributed by atoms with Crippen molar-refractivity contribution in [2.24, 2.45) is 10.3 Å². The Morgan fingerprint density at radius 1 is 1.25 bits per heavy atom. The molecule has 4 rings (SSSR count). The number of benzene rings is 1. The van der Waals surface area contributed by atoms with Gasteiger partial charge in [0.25, 0.3) is 10.0 Å². The van der Waals surface area contributed by atoms with Gasteiger partial charge in [-0.15, -0.1) is 16.2 Å². The maximum atomic E-state index is 12.7. The van der Waals surface area contributed by atoms with E-state index in [1.165, 1.54) is 0 Å². The number of carbonyl (C=O) groups excluding carboxylic acids is 1. The predicted octanol–water partition coefficient (Wildman–Crippen LogP) is 2.60. The van der Waals surface area contributed by atoms with Crippen LogP contribution in [0.15, 0.2) is 56.9 Å². The number of pyridine rings is 1. The van der Waals surface area contributed by atoms with Crippen LogP contribution in [-0.2, 0) is 14.8 Å². The van der Waals surface area contributed by atoms with E-state index in [2.05, 4.69) is 14.7 Å². The van der Waals surface area contributed by atoms with Gasteiger partial charge in [-0.05, 0) is 43.4 Å². The summed E-state index contributed by atoms with van der Waals surface area (Å²) in [6.45, 7) is 1.11. The monoisotopic (exact) mass is 416 g/mol. The lowest BCUT2D eigenvalue weighted by Crippen LogP contribution is -2.43. The van der Waals surface area contributed by atoms with Gasteiger partial charge in [0, 0.05) is 18.7 Å². The topological polar surface area (TPSA) is 91.7 Å². The summed E-state index contributed by atoms with van der Waals surface area (Å²) in [7, 11) is -3.66. The van der Waals surface area contributed by atoms with Crippen LogP contribution in [0.5, 0.6) is 0 Å².